The second-order valence-electron chi connectivity index (χ2n) is 4.91. The van der Waals surface area contributed by atoms with Crippen molar-refractivity contribution < 1.29 is 4.39 Å². The molecule has 2 heterocycles. The third kappa shape index (κ3) is 3.76. The van der Waals surface area contributed by atoms with Gasteiger partial charge < -0.3 is 5.32 Å². The summed E-state index contributed by atoms with van der Waals surface area (Å²) in [6, 6.07) is 6.82. The average molecular weight is 347 g/mol. The molecule has 0 unspecified atom stereocenters. The van der Waals surface area contributed by atoms with Crippen molar-refractivity contribution in [1.82, 2.24) is 10.2 Å². The molecule has 0 bridgehead atoms. The van der Waals surface area contributed by atoms with Crippen molar-refractivity contribution in [1.29, 1.82) is 0 Å². The molecule has 0 radical (unpaired) electrons. The van der Waals surface area contributed by atoms with Crippen molar-refractivity contribution >= 4 is 35.3 Å². The molecule has 1 aromatic carbocycles. The molecule has 3 rings (SSSR count). The number of benzene rings is 1. The smallest absolute Gasteiger partial charge is 0.128 e. The highest BCUT2D eigenvalue weighted by atomic mass is 35.5. The Morgan fingerprint density at radius 1 is 1.24 bits per heavy atom. The summed E-state index contributed by atoms with van der Waals surface area (Å²) in [5, 5.41) is 8.04. The topological polar surface area (TPSA) is 15.3 Å². The standard InChI is InChI=1S/C15H16ClFN2S.ClH/c16-12-1-2-14(17)13(9-12)15(11-3-8-20-10-11)19-6-4-18-5-7-19;/h1-3,8-10,15,18H,4-7H2;1H/t15-;/m0./s1. The fourth-order valence-corrected chi connectivity index (χ4v) is 3.54. The van der Waals surface area contributed by atoms with Gasteiger partial charge in [0.25, 0.3) is 0 Å². The fourth-order valence-electron chi connectivity index (χ4n) is 2.68. The van der Waals surface area contributed by atoms with E-state index in [0.717, 1.165) is 31.7 Å². The monoisotopic (exact) mass is 346 g/mol. The highest BCUT2D eigenvalue weighted by Crippen LogP contribution is 2.33. The van der Waals surface area contributed by atoms with Crippen LogP contribution >= 0.6 is 35.3 Å². The van der Waals surface area contributed by atoms with Crippen molar-refractivity contribution in [3.05, 3.63) is 57.0 Å². The minimum atomic E-state index is -0.191. The van der Waals surface area contributed by atoms with Crippen molar-refractivity contribution in [2.45, 2.75) is 6.04 Å². The lowest BCUT2D eigenvalue weighted by Gasteiger charge is -2.35. The maximum absolute atomic E-state index is 14.3. The minimum absolute atomic E-state index is 0. The number of nitrogens with one attached hydrogen (secondary N) is 1. The molecule has 1 saturated heterocycles. The molecule has 1 fully saturated rings. The summed E-state index contributed by atoms with van der Waals surface area (Å²) < 4.78 is 14.3. The Morgan fingerprint density at radius 2 is 2.00 bits per heavy atom. The highest BCUT2D eigenvalue weighted by Gasteiger charge is 2.26. The van der Waals surface area contributed by atoms with Gasteiger partial charge in [0, 0.05) is 36.8 Å². The summed E-state index contributed by atoms with van der Waals surface area (Å²) in [6.45, 7) is 3.69. The number of hydrogen-bond donors (Lipinski definition) is 1. The molecule has 1 aliphatic rings. The van der Waals surface area contributed by atoms with E-state index in [2.05, 4.69) is 21.7 Å². The summed E-state index contributed by atoms with van der Waals surface area (Å²) in [7, 11) is 0. The Bertz CT molecular complexity index is 571. The number of halogens is 3. The number of nitrogens with zero attached hydrogens (tertiary/aromatic N) is 1. The Labute approximate surface area is 139 Å². The van der Waals surface area contributed by atoms with Crippen LogP contribution in [0, 0.1) is 5.82 Å². The lowest BCUT2D eigenvalue weighted by molar-refractivity contribution is 0.195. The van der Waals surface area contributed by atoms with E-state index in [0.29, 0.717) is 10.6 Å². The number of rotatable bonds is 3. The number of hydrogen-bond acceptors (Lipinski definition) is 3. The highest BCUT2D eigenvalue weighted by molar-refractivity contribution is 7.08. The molecule has 1 atom stereocenters. The van der Waals surface area contributed by atoms with Crippen molar-refractivity contribution in [3.8, 4) is 0 Å². The zero-order valence-corrected chi connectivity index (χ0v) is 13.8. The average Bonchev–Trinajstić information content (AvgIpc) is 2.98. The van der Waals surface area contributed by atoms with Crippen molar-refractivity contribution in [2.24, 2.45) is 0 Å². The summed E-state index contributed by atoms with van der Waals surface area (Å²) in [6.07, 6.45) is 0. The van der Waals surface area contributed by atoms with E-state index < -0.39 is 0 Å². The summed E-state index contributed by atoms with van der Waals surface area (Å²) in [5.41, 5.74) is 1.80. The molecule has 0 spiro atoms. The Hall–Kier alpha value is -0.650. The zero-order chi connectivity index (χ0) is 13.9. The van der Waals surface area contributed by atoms with E-state index in [1.165, 1.54) is 6.07 Å². The van der Waals surface area contributed by atoms with E-state index in [4.69, 9.17) is 11.6 Å². The van der Waals surface area contributed by atoms with Crippen LogP contribution in [0.25, 0.3) is 0 Å². The molecule has 0 amide bonds. The van der Waals surface area contributed by atoms with Crippen LogP contribution in [0.15, 0.2) is 35.0 Å². The van der Waals surface area contributed by atoms with Crippen LogP contribution in [0.4, 0.5) is 4.39 Å². The lowest BCUT2D eigenvalue weighted by Crippen LogP contribution is -2.45. The van der Waals surface area contributed by atoms with Gasteiger partial charge in [-0.2, -0.15) is 11.3 Å². The van der Waals surface area contributed by atoms with Gasteiger partial charge >= 0.3 is 0 Å². The van der Waals surface area contributed by atoms with Crippen LogP contribution in [0.1, 0.15) is 17.2 Å². The van der Waals surface area contributed by atoms with Gasteiger partial charge in [-0.15, -0.1) is 12.4 Å². The van der Waals surface area contributed by atoms with Crippen molar-refractivity contribution in [2.75, 3.05) is 26.2 Å². The largest absolute Gasteiger partial charge is 0.314 e. The van der Waals surface area contributed by atoms with Crippen LogP contribution in [0.5, 0.6) is 0 Å². The van der Waals surface area contributed by atoms with Gasteiger partial charge in [-0.05, 0) is 40.6 Å². The molecule has 1 N–H and O–H groups in total. The van der Waals surface area contributed by atoms with Crippen LogP contribution in [0.2, 0.25) is 5.02 Å². The normalized spacial score (nSPS) is 17.2. The predicted molar refractivity (Wildman–Crippen MR) is 89.3 cm³/mol. The molecule has 0 saturated carbocycles. The zero-order valence-electron chi connectivity index (χ0n) is 11.4. The Kier molecular flexibility index (Phi) is 6.02. The molecule has 0 aliphatic carbocycles. The first-order chi connectivity index (χ1) is 9.75. The third-order valence-electron chi connectivity index (χ3n) is 3.63. The van der Waals surface area contributed by atoms with E-state index in [-0.39, 0.29) is 24.3 Å². The van der Waals surface area contributed by atoms with E-state index in [1.807, 2.05) is 5.38 Å². The summed E-state index contributed by atoms with van der Waals surface area (Å²) in [4.78, 5) is 2.31. The third-order valence-corrected chi connectivity index (χ3v) is 4.56. The number of thiophene rings is 1. The van der Waals surface area contributed by atoms with E-state index >= 15 is 0 Å². The molecule has 21 heavy (non-hydrogen) atoms. The molecule has 6 heteroatoms. The minimum Gasteiger partial charge on any atom is -0.314 e. The van der Waals surface area contributed by atoms with Gasteiger partial charge in [-0.25, -0.2) is 4.39 Å². The molecule has 2 nitrogen and oxygen atoms in total. The Balaban J connectivity index is 0.00000161. The summed E-state index contributed by atoms with van der Waals surface area (Å²) in [5.74, 6) is -0.191. The molecule has 2 aromatic rings. The lowest BCUT2D eigenvalue weighted by atomic mass is 9.98. The van der Waals surface area contributed by atoms with E-state index in [9.17, 15) is 4.39 Å². The number of piperazine rings is 1. The second-order valence-corrected chi connectivity index (χ2v) is 6.13. The molecule has 114 valence electrons. The van der Waals surface area contributed by atoms with Gasteiger partial charge in [0.05, 0.1) is 6.04 Å². The molecular weight excluding hydrogens is 330 g/mol. The maximum Gasteiger partial charge on any atom is 0.128 e. The van der Waals surface area contributed by atoms with Crippen LogP contribution in [0.3, 0.4) is 0 Å². The van der Waals surface area contributed by atoms with Crippen LogP contribution in [-0.4, -0.2) is 31.1 Å². The Morgan fingerprint density at radius 3 is 2.67 bits per heavy atom. The fraction of sp³-hybridized carbons (Fsp3) is 0.333. The van der Waals surface area contributed by atoms with Gasteiger partial charge in [-0.3, -0.25) is 4.90 Å². The van der Waals surface area contributed by atoms with Gasteiger partial charge in [0.1, 0.15) is 5.82 Å². The van der Waals surface area contributed by atoms with Gasteiger partial charge in [0.15, 0.2) is 0 Å². The molecule has 1 aliphatic heterocycles. The van der Waals surface area contributed by atoms with Gasteiger partial charge in [-0.1, -0.05) is 11.6 Å². The van der Waals surface area contributed by atoms with Crippen molar-refractivity contribution in [3.63, 3.8) is 0 Å². The first kappa shape index (κ1) is 16.7. The maximum atomic E-state index is 14.3. The molecule has 1 aromatic heterocycles. The first-order valence-electron chi connectivity index (χ1n) is 6.67. The first-order valence-corrected chi connectivity index (χ1v) is 7.99. The summed E-state index contributed by atoms with van der Waals surface area (Å²) >= 11 is 7.71. The van der Waals surface area contributed by atoms with E-state index in [1.54, 1.807) is 23.5 Å². The SMILES string of the molecule is Cl.Fc1ccc(Cl)cc1[C@H](c1ccsc1)N1CCNCC1. The van der Waals surface area contributed by atoms with Crippen LogP contribution < -0.4 is 5.32 Å². The second kappa shape index (κ2) is 7.56. The van der Waals surface area contributed by atoms with Gasteiger partial charge in [0.2, 0.25) is 0 Å². The molecular formula is C15H17Cl2FN2S. The van der Waals surface area contributed by atoms with Crippen LogP contribution in [-0.2, 0) is 0 Å². The predicted octanol–water partition coefficient (Wildman–Crippen LogP) is 3.96. The quantitative estimate of drug-likeness (QED) is 0.904.